The van der Waals surface area contributed by atoms with Crippen molar-refractivity contribution >= 4 is 50.5 Å². The molecule has 0 spiro atoms. The molecule has 162 valence electrons. The molecule has 0 radical (unpaired) electrons. The molecule has 6 aromatic rings. The van der Waals surface area contributed by atoms with E-state index in [1.165, 1.54) is 16.3 Å². The highest BCUT2D eigenvalue weighted by Gasteiger charge is 2.18. The molecule has 0 saturated heterocycles. The zero-order chi connectivity index (χ0) is 22.5. The summed E-state index contributed by atoms with van der Waals surface area (Å²) in [5.74, 6) is 1.27. The number of aromatic nitrogens is 6. The predicted molar refractivity (Wildman–Crippen MR) is 127 cm³/mol. The number of furan rings is 1. The fraction of sp³-hybridized carbons (Fsp3) is 0.0870. The van der Waals surface area contributed by atoms with Crippen molar-refractivity contribution in [3.8, 4) is 0 Å². The molecule has 0 aliphatic carbocycles. The van der Waals surface area contributed by atoms with E-state index in [4.69, 9.17) is 4.42 Å². The lowest BCUT2D eigenvalue weighted by atomic mass is 10.2. The van der Waals surface area contributed by atoms with Crippen molar-refractivity contribution in [2.75, 3.05) is 0 Å². The molecular weight excluding hydrogens is 440 g/mol. The van der Waals surface area contributed by atoms with Crippen LogP contribution in [0.1, 0.15) is 5.82 Å². The largest absolute Gasteiger partial charge is 0.449 e. The van der Waals surface area contributed by atoms with Gasteiger partial charge in [0.1, 0.15) is 16.9 Å². The summed E-state index contributed by atoms with van der Waals surface area (Å²) in [5, 5.41) is 10.5. The normalized spacial score (nSPS) is 11.8. The van der Waals surface area contributed by atoms with Crippen molar-refractivity contribution in [3.63, 3.8) is 0 Å². The van der Waals surface area contributed by atoms with E-state index in [1.54, 1.807) is 18.2 Å². The van der Waals surface area contributed by atoms with Gasteiger partial charge in [0, 0.05) is 11.9 Å². The van der Waals surface area contributed by atoms with Gasteiger partial charge in [-0.1, -0.05) is 42.1 Å². The summed E-state index contributed by atoms with van der Waals surface area (Å²) in [6.45, 7) is 4.06. The summed E-state index contributed by atoms with van der Waals surface area (Å²) in [6, 6.07) is 14.7. The number of benzene rings is 2. The zero-order valence-corrected chi connectivity index (χ0v) is 18.0. The van der Waals surface area contributed by atoms with Crippen LogP contribution in [0.2, 0.25) is 0 Å². The van der Waals surface area contributed by atoms with Crippen LogP contribution in [0, 0.1) is 0 Å². The third kappa shape index (κ3) is 2.99. The Morgan fingerprint density at radius 1 is 1.06 bits per heavy atom. The van der Waals surface area contributed by atoms with Gasteiger partial charge < -0.3 is 9.40 Å². The molecule has 0 bridgehead atoms. The van der Waals surface area contributed by atoms with E-state index in [0.717, 1.165) is 5.39 Å². The SMILES string of the molecule is C=CCn1c(=O)c2ccccc2n2c(SCc3nc4c(oc5ccccc54)c(=O)[nH]3)nnc12. The second-order valence-electron chi connectivity index (χ2n) is 7.42. The molecule has 0 aliphatic rings. The molecule has 33 heavy (non-hydrogen) atoms. The highest BCUT2D eigenvalue weighted by Crippen LogP contribution is 2.27. The molecule has 4 aromatic heterocycles. The highest BCUT2D eigenvalue weighted by atomic mass is 32.2. The molecule has 0 unspecified atom stereocenters. The number of thioether (sulfide) groups is 1. The van der Waals surface area contributed by atoms with Gasteiger partial charge in [0.25, 0.3) is 11.1 Å². The maximum atomic E-state index is 12.9. The average molecular weight is 456 g/mol. The molecule has 6 rings (SSSR count). The maximum Gasteiger partial charge on any atom is 0.294 e. The first-order valence-corrected chi connectivity index (χ1v) is 11.1. The van der Waals surface area contributed by atoms with Gasteiger partial charge in [-0.25, -0.2) is 4.98 Å². The second-order valence-corrected chi connectivity index (χ2v) is 8.36. The van der Waals surface area contributed by atoms with Crippen LogP contribution in [0.4, 0.5) is 0 Å². The van der Waals surface area contributed by atoms with Crippen LogP contribution in [0.5, 0.6) is 0 Å². The molecule has 0 atom stereocenters. The van der Waals surface area contributed by atoms with Gasteiger partial charge in [0.2, 0.25) is 11.4 Å². The number of nitrogens with zero attached hydrogens (tertiary/aromatic N) is 5. The van der Waals surface area contributed by atoms with Gasteiger partial charge in [0.05, 0.1) is 16.7 Å². The molecular formula is C23H16N6O3S. The fourth-order valence-electron chi connectivity index (χ4n) is 3.97. The number of fused-ring (bicyclic) bond motifs is 6. The van der Waals surface area contributed by atoms with Crippen molar-refractivity contribution in [1.82, 2.24) is 29.1 Å². The summed E-state index contributed by atoms with van der Waals surface area (Å²) in [4.78, 5) is 32.9. The smallest absolute Gasteiger partial charge is 0.294 e. The molecule has 0 saturated carbocycles. The van der Waals surface area contributed by atoms with Crippen LogP contribution >= 0.6 is 11.8 Å². The van der Waals surface area contributed by atoms with E-state index in [0.29, 0.717) is 51.1 Å². The van der Waals surface area contributed by atoms with E-state index in [9.17, 15) is 9.59 Å². The van der Waals surface area contributed by atoms with Gasteiger partial charge in [0.15, 0.2) is 5.16 Å². The lowest BCUT2D eigenvalue weighted by Gasteiger charge is -2.09. The topological polar surface area (TPSA) is 111 Å². The number of para-hydroxylation sites is 2. The minimum Gasteiger partial charge on any atom is -0.449 e. The van der Waals surface area contributed by atoms with Gasteiger partial charge in [-0.05, 0) is 24.3 Å². The number of hydrogen-bond donors (Lipinski definition) is 1. The monoisotopic (exact) mass is 456 g/mol. The first-order chi connectivity index (χ1) is 16.2. The molecule has 0 fully saturated rings. The van der Waals surface area contributed by atoms with Crippen LogP contribution in [0.15, 0.2) is 80.3 Å². The van der Waals surface area contributed by atoms with Gasteiger partial charge in [-0.15, -0.1) is 16.8 Å². The minimum atomic E-state index is -0.330. The lowest BCUT2D eigenvalue weighted by Crippen LogP contribution is -2.22. The Morgan fingerprint density at radius 3 is 2.70 bits per heavy atom. The number of aromatic amines is 1. The Morgan fingerprint density at radius 2 is 1.85 bits per heavy atom. The molecule has 4 heterocycles. The maximum absolute atomic E-state index is 12.9. The Bertz CT molecular complexity index is 1830. The first kappa shape index (κ1) is 19.5. The molecule has 1 N–H and O–H groups in total. The van der Waals surface area contributed by atoms with Crippen molar-refractivity contribution in [2.24, 2.45) is 0 Å². The average Bonchev–Trinajstić information content (AvgIpc) is 3.43. The van der Waals surface area contributed by atoms with Crippen LogP contribution < -0.4 is 11.1 Å². The summed E-state index contributed by atoms with van der Waals surface area (Å²) in [6.07, 6.45) is 1.65. The minimum absolute atomic E-state index is 0.148. The first-order valence-electron chi connectivity index (χ1n) is 10.2. The molecule has 0 amide bonds. The number of nitrogens with one attached hydrogen (secondary N) is 1. The van der Waals surface area contributed by atoms with Crippen LogP contribution in [0.25, 0.3) is 38.7 Å². The third-order valence-corrected chi connectivity index (χ3v) is 6.35. The van der Waals surface area contributed by atoms with E-state index < -0.39 is 0 Å². The van der Waals surface area contributed by atoms with E-state index >= 15 is 0 Å². The standard InChI is InChI=1S/C23H16N6O3S/c1-2-11-28-21(31)13-7-3-5-9-15(13)29-22(28)26-27-23(29)33-12-17-24-18-14-8-4-6-10-16(14)32-19(18)20(30)25-17/h2-10H,1,11-12H2,(H,24,25,30). The summed E-state index contributed by atoms with van der Waals surface area (Å²) in [5.41, 5.74) is 1.58. The molecule has 2 aromatic carbocycles. The van der Waals surface area contributed by atoms with Gasteiger partial charge >= 0.3 is 0 Å². The van der Waals surface area contributed by atoms with Crippen LogP contribution in [0.3, 0.4) is 0 Å². The Kier molecular flexibility index (Phi) is 4.40. The second kappa shape index (κ2) is 7.45. The number of allylic oxidation sites excluding steroid dienone is 1. The number of H-pyrrole nitrogens is 1. The Hall–Kier alpha value is -4.18. The Labute approximate surface area is 189 Å². The quantitative estimate of drug-likeness (QED) is 0.312. The van der Waals surface area contributed by atoms with Gasteiger partial charge in [-0.3, -0.25) is 18.6 Å². The lowest BCUT2D eigenvalue weighted by molar-refractivity contribution is 0.660. The van der Waals surface area contributed by atoms with Crippen molar-refractivity contribution < 1.29 is 4.42 Å². The zero-order valence-electron chi connectivity index (χ0n) is 17.2. The van der Waals surface area contributed by atoms with E-state index in [1.807, 2.05) is 40.8 Å². The van der Waals surface area contributed by atoms with Crippen LogP contribution in [-0.2, 0) is 12.3 Å². The summed E-state index contributed by atoms with van der Waals surface area (Å²) >= 11 is 1.37. The third-order valence-electron chi connectivity index (χ3n) is 5.41. The fourth-order valence-corrected chi connectivity index (χ4v) is 4.78. The van der Waals surface area contributed by atoms with Crippen molar-refractivity contribution in [2.45, 2.75) is 17.5 Å². The Balaban J connectivity index is 1.46. The van der Waals surface area contributed by atoms with E-state index in [-0.39, 0.29) is 16.7 Å². The molecule has 0 aliphatic heterocycles. The predicted octanol–water partition coefficient (Wildman–Crippen LogP) is 3.51. The van der Waals surface area contributed by atoms with E-state index in [2.05, 4.69) is 26.7 Å². The highest BCUT2D eigenvalue weighted by molar-refractivity contribution is 7.98. The van der Waals surface area contributed by atoms with Crippen LogP contribution in [-0.4, -0.2) is 29.1 Å². The van der Waals surface area contributed by atoms with Crippen molar-refractivity contribution in [3.05, 3.63) is 87.7 Å². The number of rotatable bonds is 5. The number of hydrogen-bond acceptors (Lipinski definition) is 7. The van der Waals surface area contributed by atoms with Crippen molar-refractivity contribution in [1.29, 1.82) is 0 Å². The molecule has 9 nitrogen and oxygen atoms in total. The summed E-state index contributed by atoms with van der Waals surface area (Å²) in [7, 11) is 0. The summed E-state index contributed by atoms with van der Waals surface area (Å²) < 4.78 is 9.04. The molecule has 10 heteroatoms. The van der Waals surface area contributed by atoms with Gasteiger partial charge in [-0.2, -0.15) is 0 Å².